The molecule has 0 aliphatic carbocycles. The van der Waals surface area contributed by atoms with E-state index in [9.17, 15) is 9.90 Å². The maximum atomic E-state index is 12.8. The molecule has 1 aromatic heterocycles. The zero-order chi connectivity index (χ0) is 17.6. The number of aromatic nitrogens is 1. The number of carbonyl (C=O) groups is 1. The first-order valence-electron chi connectivity index (χ1n) is 8.67. The van der Waals surface area contributed by atoms with Crippen LogP contribution in [0.3, 0.4) is 0 Å². The molecule has 3 rings (SSSR count). The first kappa shape index (κ1) is 17.2. The largest absolute Gasteiger partial charge is 0.395 e. The van der Waals surface area contributed by atoms with E-state index in [0.717, 1.165) is 22.9 Å². The van der Waals surface area contributed by atoms with Crippen LogP contribution in [0.5, 0.6) is 0 Å². The summed E-state index contributed by atoms with van der Waals surface area (Å²) in [6.07, 6.45) is 3.06. The molecule has 0 aliphatic heterocycles. The third-order valence-corrected chi connectivity index (χ3v) is 4.57. The maximum absolute atomic E-state index is 12.8. The van der Waals surface area contributed by atoms with E-state index >= 15 is 0 Å². The summed E-state index contributed by atoms with van der Waals surface area (Å²) >= 11 is 0. The highest BCUT2D eigenvalue weighted by atomic mass is 16.3. The van der Waals surface area contributed by atoms with Crippen LogP contribution in [0.2, 0.25) is 0 Å². The van der Waals surface area contributed by atoms with Gasteiger partial charge in [-0.2, -0.15) is 0 Å². The number of carbonyl (C=O) groups excluding carboxylic acids is 1. The van der Waals surface area contributed by atoms with Gasteiger partial charge in [-0.1, -0.05) is 42.5 Å². The van der Waals surface area contributed by atoms with Crippen LogP contribution in [0.4, 0.5) is 0 Å². The Labute approximate surface area is 148 Å². The molecule has 1 amide bonds. The molecule has 0 aliphatic rings. The van der Waals surface area contributed by atoms with Crippen LogP contribution in [0.25, 0.3) is 10.9 Å². The smallest absolute Gasteiger partial charge is 0.227 e. The van der Waals surface area contributed by atoms with Crippen molar-refractivity contribution >= 4 is 16.8 Å². The number of aryl methyl sites for hydroxylation is 1. The first-order chi connectivity index (χ1) is 12.2. The number of benzene rings is 2. The summed E-state index contributed by atoms with van der Waals surface area (Å²) in [5.41, 5.74) is 4.43. The highest BCUT2D eigenvalue weighted by Crippen LogP contribution is 2.23. The quantitative estimate of drug-likeness (QED) is 0.697. The molecular formula is C21H24N2O2. The number of H-pyrrole nitrogens is 1. The van der Waals surface area contributed by atoms with Gasteiger partial charge in [0.2, 0.25) is 5.91 Å². The van der Waals surface area contributed by atoms with E-state index in [-0.39, 0.29) is 12.5 Å². The Kier molecular flexibility index (Phi) is 5.51. The van der Waals surface area contributed by atoms with E-state index in [1.165, 1.54) is 11.1 Å². The third kappa shape index (κ3) is 4.09. The van der Waals surface area contributed by atoms with Gasteiger partial charge in [0, 0.05) is 30.2 Å². The summed E-state index contributed by atoms with van der Waals surface area (Å²) in [5.74, 6) is 0.0501. The van der Waals surface area contributed by atoms with Crippen molar-refractivity contribution in [3.63, 3.8) is 0 Å². The van der Waals surface area contributed by atoms with Crippen molar-refractivity contribution in [1.82, 2.24) is 9.88 Å². The monoisotopic (exact) mass is 336 g/mol. The topological polar surface area (TPSA) is 56.3 Å². The number of nitrogens with one attached hydrogen (secondary N) is 1. The molecule has 0 radical (unpaired) electrons. The molecule has 0 unspecified atom stereocenters. The van der Waals surface area contributed by atoms with Gasteiger partial charge in [-0.05, 0) is 36.1 Å². The zero-order valence-electron chi connectivity index (χ0n) is 14.5. The predicted molar refractivity (Wildman–Crippen MR) is 101 cm³/mol. The fraction of sp³-hybridized carbons (Fsp3) is 0.286. The van der Waals surface area contributed by atoms with Gasteiger partial charge in [0.1, 0.15) is 0 Å². The van der Waals surface area contributed by atoms with E-state index in [1.807, 2.05) is 36.5 Å². The van der Waals surface area contributed by atoms with Gasteiger partial charge in [-0.15, -0.1) is 0 Å². The van der Waals surface area contributed by atoms with E-state index in [0.29, 0.717) is 19.5 Å². The molecular weight excluding hydrogens is 312 g/mol. The van der Waals surface area contributed by atoms with Crippen molar-refractivity contribution in [2.45, 2.75) is 19.8 Å². The third-order valence-electron chi connectivity index (χ3n) is 4.57. The minimum atomic E-state index is -0.0204. The number of nitrogens with zero attached hydrogens (tertiary/aromatic N) is 1. The molecule has 4 nitrogen and oxygen atoms in total. The van der Waals surface area contributed by atoms with Crippen molar-refractivity contribution in [3.05, 3.63) is 71.4 Å². The molecule has 2 N–H and O–H groups in total. The van der Waals surface area contributed by atoms with Gasteiger partial charge in [-0.25, -0.2) is 0 Å². The van der Waals surface area contributed by atoms with Gasteiger partial charge >= 0.3 is 0 Å². The van der Waals surface area contributed by atoms with Crippen LogP contribution in [0.1, 0.15) is 16.7 Å². The summed E-state index contributed by atoms with van der Waals surface area (Å²) in [6, 6.07) is 16.2. The number of hydrogen-bond acceptors (Lipinski definition) is 2. The van der Waals surface area contributed by atoms with E-state index in [2.05, 4.69) is 30.1 Å². The second-order valence-corrected chi connectivity index (χ2v) is 6.33. The van der Waals surface area contributed by atoms with Crippen molar-refractivity contribution in [2.75, 3.05) is 19.7 Å². The molecule has 0 saturated heterocycles. The second kappa shape index (κ2) is 7.99. The van der Waals surface area contributed by atoms with Crippen LogP contribution >= 0.6 is 0 Å². The minimum Gasteiger partial charge on any atom is -0.395 e. The van der Waals surface area contributed by atoms with Crippen molar-refractivity contribution in [1.29, 1.82) is 0 Å². The lowest BCUT2D eigenvalue weighted by Crippen LogP contribution is -2.36. The number of aliphatic hydroxyl groups is 1. The van der Waals surface area contributed by atoms with Gasteiger partial charge in [-0.3, -0.25) is 4.79 Å². The zero-order valence-corrected chi connectivity index (χ0v) is 14.5. The highest BCUT2D eigenvalue weighted by Gasteiger charge is 2.16. The normalized spacial score (nSPS) is 11.0. The molecule has 3 aromatic rings. The molecule has 25 heavy (non-hydrogen) atoms. The SMILES string of the molecule is Cc1cccc2[nH]cc(CC(=O)N(CCO)CCc3ccccc3)c12. The first-order valence-corrected chi connectivity index (χ1v) is 8.67. The predicted octanol–water partition coefficient (Wildman–Crippen LogP) is 3.08. The molecule has 0 bridgehead atoms. The van der Waals surface area contributed by atoms with Crippen molar-refractivity contribution in [2.24, 2.45) is 0 Å². The number of hydrogen-bond donors (Lipinski definition) is 2. The number of fused-ring (bicyclic) bond motifs is 1. The van der Waals surface area contributed by atoms with E-state index in [1.54, 1.807) is 4.90 Å². The fourth-order valence-corrected chi connectivity index (χ4v) is 3.26. The highest BCUT2D eigenvalue weighted by molar-refractivity contribution is 5.91. The Morgan fingerprint density at radius 2 is 1.88 bits per heavy atom. The molecule has 0 atom stereocenters. The Hall–Kier alpha value is -2.59. The average Bonchev–Trinajstić information content (AvgIpc) is 3.03. The lowest BCUT2D eigenvalue weighted by atomic mass is 10.0. The van der Waals surface area contributed by atoms with E-state index < -0.39 is 0 Å². The molecule has 0 fully saturated rings. The Morgan fingerprint density at radius 3 is 2.64 bits per heavy atom. The average molecular weight is 336 g/mol. The Morgan fingerprint density at radius 1 is 1.08 bits per heavy atom. The molecule has 2 aromatic carbocycles. The van der Waals surface area contributed by atoms with Gasteiger partial charge in [0.25, 0.3) is 0 Å². The Balaban J connectivity index is 1.71. The minimum absolute atomic E-state index is 0.0204. The van der Waals surface area contributed by atoms with Gasteiger partial charge in [0.05, 0.1) is 13.0 Å². The number of aliphatic hydroxyl groups excluding tert-OH is 1. The van der Waals surface area contributed by atoms with Crippen LogP contribution in [-0.2, 0) is 17.6 Å². The standard InChI is InChI=1S/C21H24N2O2/c1-16-6-5-9-19-21(16)18(15-22-19)14-20(25)23(12-13-24)11-10-17-7-3-2-4-8-17/h2-9,15,22,24H,10-14H2,1H3. The molecule has 1 heterocycles. The van der Waals surface area contributed by atoms with Crippen LogP contribution in [0.15, 0.2) is 54.7 Å². The van der Waals surface area contributed by atoms with Gasteiger partial charge < -0.3 is 15.0 Å². The summed E-state index contributed by atoms with van der Waals surface area (Å²) in [5, 5.41) is 10.5. The van der Waals surface area contributed by atoms with Crippen LogP contribution < -0.4 is 0 Å². The number of amides is 1. The number of aromatic amines is 1. The summed E-state index contributed by atoms with van der Waals surface area (Å²) < 4.78 is 0. The lowest BCUT2D eigenvalue weighted by molar-refractivity contribution is -0.130. The lowest BCUT2D eigenvalue weighted by Gasteiger charge is -2.22. The second-order valence-electron chi connectivity index (χ2n) is 6.33. The number of rotatable bonds is 7. The summed E-state index contributed by atoms with van der Waals surface area (Å²) in [6.45, 7) is 3.02. The summed E-state index contributed by atoms with van der Waals surface area (Å²) in [4.78, 5) is 17.8. The van der Waals surface area contributed by atoms with Crippen molar-refractivity contribution < 1.29 is 9.90 Å². The van der Waals surface area contributed by atoms with Crippen LogP contribution in [-0.4, -0.2) is 40.6 Å². The van der Waals surface area contributed by atoms with Crippen LogP contribution in [0, 0.1) is 6.92 Å². The van der Waals surface area contributed by atoms with Gasteiger partial charge in [0.15, 0.2) is 0 Å². The molecule has 0 spiro atoms. The van der Waals surface area contributed by atoms with E-state index in [4.69, 9.17) is 0 Å². The molecule has 130 valence electrons. The molecule has 4 heteroatoms. The Bertz CT molecular complexity index is 839. The van der Waals surface area contributed by atoms with Crippen molar-refractivity contribution in [3.8, 4) is 0 Å². The molecule has 0 saturated carbocycles. The summed E-state index contributed by atoms with van der Waals surface area (Å²) in [7, 11) is 0. The maximum Gasteiger partial charge on any atom is 0.227 e. The fourth-order valence-electron chi connectivity index (χ4n) is 3.26.